The molecule has 0 radical (unpaired) electrons. The molecule has 0 aromatic carbocycles. The number of carbonyl (C=O) groups excluding carboxylic acids is 1. The molecule has 0 fully saturated rings. The summed E-state index contributed by atoms with van der Waals surface area (Å²) in [6, 6.07) is 0. The lowest BCUT2D eigenvalue weighted by Crippen LogP contribution is -2.30. The molecule has 0 aromatic heterocycles. The van der Waals surface area contributed by atoms with Crippen molar-refractivity contribution >= 4 is 15.9 Å². The maximum atomic E-state index is 11.5. The number of rotatable bonds is 3. The quantitative estimate of drug-likeness (QED) is 0.559. The second kappa shape index (κ2) is 3.89. The van der Waals surface area contributed by atoms with Crippen LogP contribution in [0.2, 0.25) is 0 Å². The van der Waals surface area contributed by atoms with Gasteiger partial charge in [0.25, 0.3) is 10.1 Å². The van der Waals surface area contributed by atoms with Gasteiger partial charge < -0.3 is 0 Å². The molecule has 0 spiro atoms. The van der Waals surface area contributed by atoms with Gasteiger partial charge in [0, 0.05) is 5.57 Å². The molecular formula is C9H10O4S. The zero-order valence-electron chi connectivity index (χ0n) is 7.38. The Hall–Kier alpha value is -1.20. The molecule has 1 aliphatic carbocycles. The van der Waals surface area contributed by atoms with E-state index in [2.05, 4.69) is 6.58 Å². The third kappa shape index (κ3) is 2.18. The van der Waals surface area contributed by atoms with Crippen LogP contribution in [0, 0.1) is 0 Å². The first-order chi connectivity index (χ1) is 6.46. The molecule has 5 heteroatoms. The Morgan fingerprint density at radius 1 is 1.57 bits per heavy atom. The van der Waals surface area contributed by atoms with Crippen molar-refractivity contribution in [1.29, 1.82) is 0 Å². The van der Waals surface area contributed by atoms with Gasteiger partial charge in [-0.2, -0.15) is 8.42 Å². The van der Waals surface area contributed by atoms with Gasteiger partial charge in [-0.25, -0.2) is 0 Å². The molecule has 1 rings (SSSR count). The molecule has 1 unspecified atom stereocenters. The summed E-state index contributed by atoms with van der Waals surface area (Å²) < 4.78 is 30.3. The summed E-state index contributed by atoms with van der Waals surface area (Å²) in [4.78, 5) is 11.5. The molecule has 1 N–H and O–H groups in total. The summed E-state index contributed by atoms with van der Waals surface area (Å²) >= 11 is 0. The van der Waals surface area contributed by atoms with Crippen molar-refractivity contribution in [2.45, 2.75) is 11.7 Å². The molecule has 0 heterocycles. The third-order valence-corrected chi connectivity index (χ3v) is 2.86. The highest BCUT2D eigenvalue weighted by Crippen LogP contribution is 2.17. The topological polar surface area (TPSA) is 71.4 Å². The minimum Gasteiger partial charge on any atom is -0.293 e. The SMILES string of the molecule is C=CCC1=CC=CC(S(=O)(=O)O)C1=O. The van der Waals surface area contributed by atoms with Crippen LogP contribution in [-0.2, 0) is 14.9 Å². The fourth-order valence-electron chi connectivity index (χ4n) is 1.18. The highest BCUT2D eigenvalue weighted by Gasteiger charge is 2.31. The fraction of sp³-hybridized carbons (Fsp3) is 0.222. The molecular weight excluding hydrogens is 204 g/mol. The van der Waals surface area contributed by atoms with Crippen LogP contribution in [0.15, 0.2) is 36.5 Å². The smallest absolute Gasteiger partial charge is 0.279 e. The largest absolute Gasteiger partial charge is 0.293 e. The summed E-state index contributed by atoms with van der Waals surface area (Å²) in [7, 11) is -4.34. The van der Waals surface area contributed by atoms with Crippen LogP contribution in [0.1, 0.15) is 6.42 Å². The monoisotopic (exact) mass is 214 g/mol. The van der Waals surface area contributed by atoms with Crippen molar-refractivity contribution in [3.63, 3.8) is 0 Å². The van der Waals surface area contributed by atoms with E-state index in [1.165, 1.54) is 18.2 Å². The summed E-state index contributed by atoms with van der Waals surface area (Å²) in [6.07, 6.45) is 5.92. The number of hydrogen-bond donors (Lipinski definition) is 1. The van der Waals surface area contributed by atoms with E-state index in [1.54, 1.807) is 0 Å². The zero-order valence-corrected chi connectivity index (χ0v) is 8.20. The number of ketones is 1. The van der Waals surface area contributed by atoms with Gasteiger partial charge in [-0.1, -0.05) is 24.3 Å². The third-order valence-electron chi connectivity index (χ3n) is 1.84. The molecule has 1 atom stereocenters. The molecule has 0 saturated heterocycles. The predicted molar refractivity (Wildman–Crippen MR) is 52.4 cm³/mol. The van der Waals surface area contributed by atoms with E-state index < -0.39 is 21.2 Å². The van der Waals surface area contributed by atoms with E-state index in [0.29, 0.717) is 12.0 Å². The lowest BCUT2D eigenvalue weighted by atomic mass is 10.0. The highest BCUT2D eigenvalue weighted by molar-refractivity contribution is 7.87. The Bertz CT molecular complexity index is 414. The molecule has 76 valence electrons. The van der Waals surface area contributed by atoms with Crippen LogP contribution >= 0.6 is 0 Å². The van der Waals surface area contributed by atoms with Crippen LogP contribution in [0.5, 0.6) is 0 Å². The van der Waals surface area contributed by atoms with Gasteiger partial charge in [0.1, 0.15) is 0 Å². The maximum Gasteiger partial charge on any atom is 0.279 e. The van der Waals surface area contributed by atoms with Crippen molar-refractivity contribution in [3.05, 3.63) is 36.5 Å². The van der Waals surface area contributed by atoms with Gasteiger partial charge in [-0.3, -0.25) is 9.35 Å². The highest BCUT2D eigenvalue weighted by atomic mass is 32.2. The van der Waals surface area contributed by atoms with Crippen molar-refractivity contribution in [2.24, 2.45) is 0 Å². The van der Waals surface area contributed by atoms with E-state index in [0.717, 1.165) is 6.08 Å². The minimum absolute atomic E-state index is 0.301. The van der Waals surface area contributed by atoms with Gasteiger partial charge in [-0.15, -0.1) is 6.58 Å². The normalized spacial score (nSPS) is 21.9. The number of carbonyl (C=O) groups is 1. The van der Waals surface area contributed by atoms with Gasteiger partial charge in [0.05, 0.1) is 0 Å². The van der Waals surface area contributed by atoms with E-state index in [1.807, 2.05) is 0 Å². The van der Waals surface area contributed by atoms with E-state index in [4.69, 9.17) is 4.55 Å². The average Bonchev–Trinajstić information content (AvgIpc) is 2.07. The van der Waals surface area contributed by atoms with Gasteiger partial charge in [0.2, 0.25) is 0 Å². The molecule has 0 amide bonds. The van der Waals surface area contributed by atoms with Crippen molar-refractivity contribution in [1.82, 2.24) is 0 Å². The molecule has 0 aromatic rings. The summed E-state index contributed by atoms with van der Waals surface area (Å²) in [5.41, 5.74) is 0.338. The van der Waals surface area contributed by atoms with Crippen molar-refractivity contribution in [3.8, 4) is 0 Å². The lowest BCUT2D eigenvalue weighted by molar-refractivity contribution is -0.114. The van der Waals surface area contributed by atoms with Gasteiger partial charge >= 0.3 is 0 Å². The predicted octanol–water partition coefficient (Wildman–Crippen LogP) is 0.884. The van der Waals surface area contributed by atoms with Crippen LogP contribution in [0.3, 0.4) is 0 Å². The summed E-state index contributed by atoms with van der Waals surface area (Å²) in [5.74, 6) is -0.588. The Labute approximate surface area is 82.4 Å². The van der Waals surface area contributed by atoms with Gasteiger partial charge in [0.15, 0.2) is 11.0 Å². The second-order valence-corrected chi connectivity index (χ2v) is 4.41. The van der Waals surface area contributed by atoms with E-state index in [9.17, 15) is 13.2 Å². The summed E-state index contributed by atoms with van der Waals surface area (Å²) in [5, 5.41) is -1.46. The molecule has 0 bridgehead atoms. The Kier molecular flexibility index (Phi) is 3.03. The molecule has 4 nitrogen and oxygen atoms in total. The van der Waals surface area contributed by atoms with Crippen LogP contribution in [0.4, 0.5) is 0 Å². The van der Waals surface area contributed by atoms with Crippen molar-refractivity contribution < 1.29 is 17.8 Å². The first-order valence-electron chi connectivity index (χ1n) is 3.95. The Morgan fingerprint density at radius 2 is 2.21 bits per heavy atom. The number of allylic oxidation sites excluding steroid dienone is 4. The molecule has 1 aliphatic rings. The van der Waals surface area contributed by atoms with Crippen LogP contribution in [-0.4, -0.2) is 24.0 Å². The number of hydrogen-bond acceptors (Lipinski definition) is 3. The minimum atomic E-state index is -4.34. The first-order valence-corrected chi connectivity index (χ1v) is 5.46. The molecule has 0 aliphatic heterocycles. The van der Waals surface area contributed by atoms with Crippen LogP contribution in [0.25, 0.3) is 0 Å². The lowest BCUT2D eigenvalue weighted by Gasteiger charge is -2.13. The van der Waals surface area contributed by atoms with Crippen molar-refractivity contribution in [2.75, 3.05) is 0 Å². The van der Waals surface area contributed by atoms with Crippen LogP contribution < -0.4 is 0 Å². The van der Waals surface area contributed by atoms with Gasteiger partial charge in [-0.05, 0) is 6.42 Å². The van der Waals surface area contributed by atoms with E-state index in [-0.39, 0.29) is 0 Å². The Balaban J connectivity index is 3.01. The second-order valence-electron chi connectivity index (χ2n) is 2.87. The average molecular weight is 214 g/mol. The maximum absolute atomic E-state index is 11.5. The Morgan fingerprint density at radius 3 is 2.71 bits per heavy atom. The number of Topliss-reactive ketones (excluding diaryl/α,β-unsaturated/α-hetero) is 1. The van der Waals surface area contributed by atoms with E-state index >= 15 is 0 Å². The fourth-order valence-corrected chi connectivity index (χ4v) is 1.89. The standard InChI is InChI=1S/C9H10O4S/c1-2-4-7-5-3-6-8(9(7)10)14(11,12)13/h2-3,5-6,8H,1,4H2,(H,11,12,13). The summed E-state index contributed by atoms with van der Waals surface area (Å²) in [6.45, 7) is 3.45. The molecule has 14 heavy (non-hydrogen) atoms. The first kappa shape index (κ1) is 10.9. The zero-order chi connectivity index (χ0) is 10.8. The molecule has 0 saturated carbocycles.